The molecule has 0 saturated heterocycles. The van der Waals surface area contributed by atoms with Gasteiger partial charge in [-0.2, -0.15) is 0 Å². The lowest BCUT2D eigenvalue weighted by Crippen LogP contribution is -2.22. The monoisotopic (exact) mass is 360 g/mol. The minimum atomic E-state index is -0.320. The minimum Gasteiger partial charge on any atom is -0.312 e. The zero-order chi connectivity index (χ0) is 17.1. The highest BCUT2D eigenvalue weighted by Gasteiger charge is 2.19. The third-order valence-electron chi connectivity index (χ3n) is 3.27. The molecule has 0 radical (unpaired) electrons. The molecule has 3 rings (SSSR count). The quantitative estimate of drug-likeness (QED) is 0.704. The maximum absolute atomic E-state index is 12.3. The van der Waals surface area contributed by atoms with E-state index in [1.165, 1.54) is 28.7 Å². The predicted molar refractivity (Wildman–Crippen MR) is 95.0 cm³/mol. The first-order chi connectivity index (χ1) is 11.5. The lowest BCUT2D eigenvalue weighted by molar-refractivity contribution is -0.115. The Morgan fingerprint density at radius 1 is 1.25 bits per heavy atom. The number of thioether (sulfide) groups is 1. The number of anilines is 1. The van der Waals surface area contributed by atoms with Gasteiger partial charge in [0.2, 0.25) is 11.0 Å². The van der Waals surface area contributed by atoms with Crippen molar-refractivity contribution in [3.8, 4) is 10.6 Å². The van der Waals surface area contributed by atoms with Gasteiger partial charge in [0.15, 0.2) is 5.16 Å². The second kappa shape index (κ2) is 7.10. The maximum Gasteiger partial charge on any atom is 0.239 e. The van der Waals surface area contributed by atoms with Crippen molar-refractivity contribution in [1.29, 1.82) is 0 Å². The Morgan fingerprint density at radius 3 is 2.67 bits per heavy atom. The van der Waals surface area contributed by atoms with Gasteiger partial charge in [0.1, 0.15) is 11.3 Å². The molecule has 2 aromatic heterocycles. The van der Waals surface area contributed by atoms with Crippen LogP contribution in [0.15, 0.2) is 35.7 Å². The largest absolute Gasteiger partial charge is 0.312 e. The summed E-state index contributed by atoms with van der Waals surface area (Å²) in [5.41, 5.74) is 2.17. The van der Waals surface area contributed by atoms with Gasteiger partial charge >= 0.3 is 0 Å². The first-order valence-corrected chi connectivity index (χ1v) is 8.94. The van der Waals surface area contributed by atoms with E-state index in [-0.39, 0.29) is 11.2 Å². The lowest BCUT2D eigenvalue weighted by Gasteiger charge is -2.08. The number of hydrogen-bond acceptors (Lipinski definition) is 7. The van der Waals surface area contributed by atoms with E-state index in [1.54, 1.807) is 10.9 Å². The molecule has 1 aromatic carbocycles. The van der Waals surface area contributed by atoms with Crippen LogP contribution in [0.25, 0.3) is 10.6 Å². The highest BCUT2D eigenvalue weighted by Crippen LogP contribution is 2.27. The predicted octanol–water partition coefficient (Wildman–Crippen LogP) is 2.76. The van der Waals surface area contributed by atoms with E-state index < -0.39 is 0 Å². The SMILES string of the molecule is Cc1ccc(-c2nnc(NC(=O)[C@@H](C)Sc3nncn3C)s2)cc1. The molecule has 0 bridgehead atoms. The second-order valence-electron chi connectivity index (χ2n) is 5.25. The molecule has 9 heteroatoms. The Morgan fingerprint density at radius 2 is 2.00 bits per heavy atom. The number of benzene rings is 1. The summed E-state index contributed by atoms with van der Waals surface area (Å²) in [7, 11) is 1.84. The van der Waals surface area contributed by atoms with Gasteiger partial charge in [-0.3, -0.25) is 10.1 Å². The van der Waals surface area contributed by atoms with Gasteiger partial charge in [-0.05, 0) is 13.8 Å². The van der Waals surface area contributed by atoms with Crippen LogP contribution in [-0.4, -0.2) is 36.1 Å². The molecule has 0 aliphatic rings. The number of nitrogens with one attached hydrogen (secondary N) is 1. The Bertz CT molecular complexity index is 842. The van der Waals surface area contributed by atoms with Crippen LogP contribution in [0.4, 0.5) is 5.13 Å². The number of nitrogens with zero attached hydrogens (tertiary/aromatic N) is 5. The van der Waals surface area contributed by atoms with Gasteiger partial charge in [0.05, 0.1) is 5.25 Å². The molecule has 24 heavy (non-hydrogen) atoms. The topological polar surface area (TPSA) is 85.6 Å². The summed E-state index contributed by atoms with van der Waals surface area (Å²) in [5, 5.41) is 20.4. The van der Waals surface area contributed by atoms with Gasteiger partial charge < -0.3 is 4.57 Å². The molecule has 0 fully saturated rings. The Kier molecular flexibility index (Phi) is 4.91. The normalized spacial score (nSPS) is 12.1. The fourth-order valence-electron chi connectivity index (χ4n) is 1.88. The number of aryl methyl sites for hydroxylation is 2. The van der Waals surface area contributed by atoms with Crippen LogP contribution >= 0.6 is 23.1 Å². The van der Waals surface area contributed by atoms with E-state index in [0.717, 1.165) is 10.6 Å². The van der Waals surface area contributed by atoms with Crippen LogP contribution in [0.2, 0.25) is 0 Å². The molecule has 1 N–H and O–H groups in total. The van der Waals surface area contributed by atoms with Crippen molar-refractivity contribution < 1.29 is 4.79 Å². The number of carbonyl (C=O) groups excluding carboxylic acids is 1. The Balaban J connectivity index is 1.64. The molecular formula is C15H16N6OS2. The number of carbonyl (C=O) groups is 1. The fraction of sp³-hybridized carbons (Fsp3) is 0.267. The average Bonchev–Trinajstić information content (AvgIpc) is 3.18. The number of aromatic nitrogens is 5. The van der Waals surface area contributed by atoms with Crippen LogP contribution in [0, 0.1) is 6.92 Å². The van der Waals surface area contributed by atoms with E-state index in [9.17, 15) is 4.79 Å². The maximum atomic E-state index is 12.3. The van der Waals surface area contributed by atoms with Gasteiger partial charge in [0, 0.05) is 12.6 Å². The van der Waals surface area contributed by atoms with Crippen molar-refractivity contribution in [2.45, 2.75) is 24.3 Å². The summed E-state index contributed by atoms with van der Waals surface area (Å²) >= 11 is 2.69. The van der Waals surface area contributed by atoms with Crippen molar-refractivity contribution in [3.05, 3.63) is 36.2 Å². The van der Waals surface area contributed by atoms with Crippen LogP contribution in [0.1, 0.15) is 12.5 Å². The van der Waals surface area contributed by atoms with E-state index in [1.807, 2.05) is 45.2 Å². The van der Waals surface area contributed by atoms with E-state index >= 15 is 0 Å². The van der Waals surface area contributed by atoms with Crippen LogP contribution < -0.4 is 5.32 Å². The van der Waals surface area contributed by atoms with Crippen molar-refractivity contribution in [1.82, 2.24) is 25.0 Å². The summed E-state index contributed by atoms with van der Waals surface area (Å²) < 4.78 is 1.77. The molecular weight excluding hydrogens is 344 g/mol. The summed E-state index contributed by atoms with van der Waals surface area (Å²) in [5.74, 6) is -0.144. The van der Waals surface area contributed by atoms with Gasteiger partial charge in [-0.25, -0.2) is 0 Å². The highest BCUT2D eigenvalue weighted by atomic mass is 32.2. The number of hydrogen-bond donors (Lipinski definition) is 1. The van der Waals surface area contributed by atoms with Crippen molar-refractivity contribution in [2.75, 3.05) is 5.32 Å². The molecule has 3 aromatic rings. The summed E-state index contributed by atoms with van der Waals surface area (Å²) in [6, 6.07) is 8.03. The molecule has 0 aliphatic carbocycles. The highest BCUT2D eigenvalue weighted by molar-refractivity contribution is 8.00. The number of amides is 1. The first-order valence-electron chi connectivity index (χ1n) is 7.25. The van der Waals surface area contributed by atoms with Gasteiger partial charge in [0.25, 0.3) is 0 Å². The fourth-order valence-corrected chi connectivity index (χ4v) is 3.43. The molecule has 0 unspecified atom stereocenters. The summed E-state index contributed by atoms with van der Waals surface area (Å²) in [4.78, 5) is 12.3. The smallest absolute Gasteiger partial charge is 0.239 e. The van der Waals surface area contributed by atoms with Crippen LogP contribution in [0.5, 0.6) is 0 Å². The zero-order valence-electron chi connectivity index (χ0n) is 13.4. The minimum absolute atomic E-state index is 0.144. The number of rotatable bonds is 5. The first kappa shape index (κ1) is 16.6. The molecule has 1 amide bonds. The summed E-state index contributed by atoms with van der Waals surface area (Å²) in [6.45, 7) is 3.85. The van der Waals surface area contributed by atoms with Crippen molar-refractivity contribution in [3.63, 3.8) is 0 Å². The Labute approximate surface area is 147 Å². The van der Waals surface area contributed by atoms with Crippen LogP contribution in [-0.2, 0) is 11.8 Å². The van der Waals surface area contributed by atoms with E-state index in [4.69, 9.17) is 0 Å². The molecule has 0 saturated carbocycles. The molecule has 1 atom stereocenters. The standard InChI is InChI=1S/C15H16N6OS2/c1-9-4-6-11(7-5-9)13-18-19-14(24-13)17-12(22)10(2)23-15-20-16-8-21(15)3/h4-8,10H,1-3H3,(H,17,19,22)/t10-/m1/s1. The third-order valence-corrected chi connectivity index (χ3v) is 5.31. The molecule has 7 nitrogen and oxygen atoms in total. The lowest BCUT2D eigenvalue weighted by atomic mass is 10.2. The second-order valence-corrected chi connectivity index (χ2v) is 7.54. The van der Waals surface area contributed by atoms with Crippen molar-refractivity contribution in [2.24, 2.45) is 7.05 Å². The Hall–Kier alpha value is -2.26. The van der Waals surface area contributed by atoms with E-state index in [2.05, 4.69) is 25.7 Å². The molecule has 124 valence electrons. The van der Waals surface area contributed by atoms with E-state index in [0.29, 0.717) is 10.3 Å². The average molecular weight is 360 g/mol. The third kappa shape index (κ3) is 3.80. The summed E-state index contributed by atoms with van der Waals surface area (Å²) in [6.07, 6.45) is 1.60. The van der Waals surface area contributed by atoms with Gasteiger partial charge in [-0.15, -0.1) is 20.4 Å². The van der Waals surface area contributed by atoms with Crippen molar-refractivity contribution >= 4 is 34.1 Å². The zero-order valence-corrected chi connectivity index (χ0v) is 15.1. The van der Waals surface area contributed by atoms with Crippen LogP contribution in [0.3, 0.4) is 0 Å². The molecule has 2 heterocycles. The molecule has 0 spiro atoms. The molecule has 0 aliphatic heterocycles. The van der Waals surface area contributed by atoms with Gasteiger partial charge in [-0.1, -0.05) is 52.9 Å².